The highest BCUT2D eigenvalue weighted by atomic mass is 19.1. The van der Waals surface area contributed by atoms with Crippen molar-refractivity contribution in [3.63, 3.8) is 0 Å². The molecular formula is C33H37FN4O. The number of phenols is 1. The average Bonchev–Trinajstić information content (AvgIpc) is 3.35. The smallest absolute Gasteiger partial charge is 0.226 e. The third-order valence-corrected chi connectivity index (χ3v) is 11.4. The fourth-order valence-corrected chi connectivity index (χ4v) is 10.4. The number of fused-ring (bicyclic) bond motifs is 1. The Balaban J connectivity index is 1.20. The monoisotopic (exact) mass is 524 g/mol. The van der Waals surface area contributed by atoms with Crippen LogP contribution >= 0.6 is 0 Å². The summed E-state index contributed by atoms with van der Waals surface area (Å²) in [5.41, 5.74) is 6.01. The Morgan fingerprint density at radius 1 is 1.05 bits per heavy atom. The second kappa shape index (κ2) is 8.26. The first-order chi connectivity index (χ1) is 18.9. The topological polar surface area (TPSA) is 52.5 Å². The van der Waals surface area contributed by atoms with Gasteiger partial charge in [0.2, 0.25) is 5.95 Å². The Morgan fingerprint density at radius 2 is 1.87 bits per heavy atom. The van der Waals surface area contributed by atoms with Crippen molar-refractivity contribution in [3.8, 4) is 5.75 Å². The summed E-state index contributed by atoms with van der Waals surface area (Å²) in [6.45, 7) is 7.10. The van der Waals surface area contributed by atoms with Gasteiger partial charge in [-0.2, -0.15) is 0 Å². The molecule has 5 nitrogen and oxygen atoms in total. The number of hydrogen-bond donors (Lipinski definition) is 1. The van der Waals surface area contributed by atoms with Gasteiger partial charge in [0.1, 0.15) is 11.6 Å². The second-order valence-electron chi connectivity index (χ2n) is 13.0. The van der Waals surface area contributed by atoms with E-state index in [-0.39, 0.29) is 16.6 Å². The maximum absolute atomic E-state index is 14.5. The molecule has 2 aliphatic heterocycles. The van der Waals surface area contributed by atoms with Crippen LogP contribution in [0.15, 0.2) is 48.5 Å². The summed E-state index contributed by atoms with van der Waals surface area (Å²) in [5.74, 6) is 2.36. The molecular weight excluding hydrogens is 487 g/mol. The average molecular weight is 525 g/mol. The van der Waals surface area contributed by atoms with Gasteiger partial charge in [0, 0.05) is 42.0 Å². The van der Waals surface area contributed by atoms with Gasteiger partial charge in [-0.05, 0) is 117 Å². The lowest BCUT2D eigenvalue weighted by Crippen LogP contribution is -2.69. The number of anilines is 1. The maximum atomic E-state index is 14.5. The number of nitrogens with zero attached hydrogens (tertiary/aromatic N) is 4. The van der Waals surface area contributed by atoms with Crippen LogP contribution in [-0.2, 0) is 18.3 Å². The minimum Gasteiger partial charge on any atom is -0.508 e. The van der Waals surface area contributed by atoms with Crippen LogP contribution < -0.4 is 4.90 Å². The second-order valence-corrected chi connectivity index (χ2v) is 13.0. The van der Waals surface area contributed by atoms with Crippen LogP contribution in [0.3, 0.4) is 0 Å². The molecule has 0 spiro atoms. The van der Waals surface area contributed by atoms with E-state index >= 15 is 0 Å². The molecule has 4 fully saturated rings. The van der Waals surface area contributed by atoms with Crippen LogP contribution in [0.4, 0.5) is 10.3 Å². The Hall–Kier alpha value is -2.99. The zero-order chi connectivity index (χ0) is 26.5. The number of benzene rings is 2. The molecule has 3 aliphatic carbocycles. The molecule has 8 rings (SSSR count). The molecule has 6 heteroatoms. The zero-order valence-corrected chi connectivity index (χ0v) is 22.9. The van der Waals surface area contributed by atoms with Gasteiger partial charge < -0.3 is 10.0 Å². The van der Waals surface area contributed by atoms with E-state index in [4.69, 9.17) is 9.97 Å². The fraction of sp³-hybridized carbons (Fsp3) is 0.515. The number of piperidine rings is 1. The third kappa shape index (κ3) is 3.15. The number of aryl methyl sites for hydroxylation is 2. The molecule has 5 unspecified atom stereocenters. The minimum atomic E-state index is -0.0870. The van der Waals surface area contributed by atoms with Crippen molar-refractivity contribution >= 4 is 5.95 Å². The highest BCUT2D eigenvalue weighted by Gasteiger charge is 2.76. The Morgan fingerprint density at radius 3 is 2.69 bits per heavy atom. The molecule has 5 aliphatic rings. The number of hydrogen-bond acceptors (Lipinski definition) is 5. The van der Waals surface area contributed by atoms with E-state index in [1.54, 1.807) is 12.1 Å². The van der Waals surface area contributed by atoms with Crippen LogP contribution in [0.5, 0.6) is 5.75 Å². The Kier molecular flexibility index (Phi) is 5.05. The van der Waals surface area contributed by atoms with Crippen molar-refractivity contribution in [2.45, 2.75) is 69.9 Å². The Bertz CT molecular complexity index is 1460. The molecule has 2 aromatic carbocycles. The molecule has 202 valence electrons. The molecule has 3 aromatic rings. The van der Waals surface area contributed by atoms with E-state index in [0.29, 0.717) is 29.7 Å². The SMILES string of the molecule is Cc1cc(C)nc(N2C[C@H]3CC45CCC2C3C42CCN(CCc3ccccc3F)C5Cc3ccc(O)cc32)n1. The van der Waals surface area contributed by atoms with Gasteiger partial charge in [-0.3, -0.25) is 4.90 Å². The third-order valence-electron chi connectivity index (χ3n) is 11.4. The fourth-order valence-electron chi connectivity index (χ4n) is 10.4. The minimum absolute atomic E-state index is 0.0691. The lowest BCUT2D eigenvalue weighted by Gasteiger charge is -2.66. The van der Waals surface area contributed by atoms with Gasteiger partial charge in [0.05, 0.1) is 0 Å². The van der Waals surface area contributed by atoms with Crippen LogP contribution in [0.2, 0.25) is 0 Å². The van der Waals surface area contributed by atoms with E-state index in [1.165, 1.54) is 30.4 Å². The quantitative estimate of drug-likeness (QED) is 0.499. The van der Waals surface area contributed by atoms with E-state index < -0.39 is 0 Å². The predicted octanol–water partition coefficient (Wildman–Crippen LogP) is 5.35. The summed E-state index contributed by atoms with van der Waals surface area (Å²) >= 11 is 0. The van der Waals surface area contributed by atoms with Gasteiger partial charge in [-0.1, -0.05) is 24.3 Å². The van der Waals surface area contributed by atoms with Crippen molar-refractivity contribution in [3.05, 3.63) is 82.4 Å². The van der Waals surface area contributed by atoms with Gasteiger partial charge in [-0.15, -0.1) is 0 Å². The van der Waals surface area contributed by atoms with Gasteiger partial charge in [-0.25, -0.2) is 14.4 Å². The molecule has 1 N–H and O–H groups in total. The molecule has 39 heavy (non-hydrogen) atoms. The maximum Gasteiger partial charge on any atom is 0.226 e. The summed E-state index contributed by atoms with van der Waals surface area (Å²) in [5, 5.41) is 10.7. The van der Waals surface area contributed by atoms with Crippen molar-refractivity contribution < 1.29 is 9.50 Å². The molecule has 1 aromatic heterocycles. The van der Waals surface area contributed by atoms with E-state index in [0.717, 1.165) is 61.8 Å². The highest BCUT2D eigenvalue weighted by molar-refractivity contribution is 5.53. The van der Waals surface area contributed by atoms with Crippen molar-refractivity contribution in [2.75, 3.05) is 24.5 Å². The van der Waals surface area contributed by atoms with E-state index in [9.17, 15) is 9.50 Å². The molecule has 3 heterocycles. The first-order valence-electron chi connectivity index (χ1n) is 14.8. The molecule has 2 saturated carbocycles. The van der Waals surface area contributed by atoms with Crippen molar-refractivity contribution in [1.29, 1.82) is 0 Å². The molecule has 2 saturated heterocycles. The van der Waals surface area contributed by atoms with Crippen molar-refractivity contribution in [1.82, 2.24) is 14.9 Å². The molecule has 6 atom stereocenters. The summed E-state index contributed by atoms with van der Waals surface area (Å²) < 4.78 is 14.5. The van der Waals surface area contributed by atoms with Crippen LogP contribution in [0.1, 0.15) is 53.8 Å². The van der Waals surface area contributed by atoms with Gasteiger partial charge in [0.15, 0.2) is 0 Å². The van der Waals surface area contributed by atoms with Gasteiger partial charge in [0.25, 0.3) is 0 Å². The predicted molar refractivity (Wildman–Crippen MR) is 149 cm³/mol. The number of likely N-dealkylation sites (tertiary alicyclic amines) is 1. The molecule has 0 radical (unpaired) electrons. The lowest BCUT2D eigenvalue weighted by molar-refractivity contribution is -0.0905. The number of halogens is 1. The molecule has 0 amide bonds. The lowest BCUT2D eigenvalue weighted by atomic mass is 9.43. The Labute approximate surface area is 230 Å². The summed E-state index contributed by atoms with van der Waals surface area (Å²) in [6.07, 6.45) is 6.49. The number of rotatable bonds is 4. The summed E-state index contributed by atoms with van der Waals surface area (Å²) in [7, 11) is 0. The van der Waals surface area contributed by atoms with Gasteiger partial charge >= 0.3 is 0 Å². The number of aromatic hydroxyl groups is 1. The van der Waals surface area contributed by atoms with Crippen LogP contribution in [-0.4, -0.2) is 51.7 Å². The normalized spacial score (nSPS) is 34.2. The summed E-state index contributed by atoms with van der Waals surface area (Å²) in [6, 6.07) is 16.4. The first-order valence-corrected chi connectivity index (χ1v) is 14.8. The zero-order valence-electron chi connectivity index (χ0n) is 22.9. The number of phenolic OH excluding ortho intramolecular Hbond substituents is 1. The molecule has 4 bridgehead atoms. The largest absolute Gasteiger partial charge is 0.508 e. The highest BCUT2D eigenvalue weighted by Crippen LogP contribution is 2.75. The van der Waals surface area contributed by atoms with E-state index in [1.807, 2.05) is 18.2 Å². The van der Waals surface area contributed by atoms with Crippen molar-refractivity contribution in [2.24, 2.45) is 17.3 Å². The number of aromatic nitrogens is 2. The standard InChI is InChI=1S/C33H37FN4O/c1-20-15-21(2)36-31(35-20)38-19-24-18-32-11-9-28(38)30(24)33(32)12-14-37(13-10-22-5-3-4-6-27(22)34)29(32)16-23-7-8-25(39)17-26(23)33/h3-8,15,17,24,28-30,39H,9-14,16,18-19H2,1-2H3/t24-,28?,29?,30?,32?,33?/m1/s1. The first kappa shape index (κ1) is 23.9. The van der Waals surface area contributed by atoms with E-state index in [2.05, 4.69) is 41.8 Å². The van der Waals surface area contributed by atoms with Crippen LogP contribution in [0, 0.1) is 36.9 Å². The summed E-state index contributed by atoms with van der Waals surface area (Å²) in [4.78, 5) is 15.1. The van der Waals surface area contributed by atoms with Crippen LogP contribution in [0.25, 0.3) is 0 Å².